The summed E-state index contributed by atoms with van der Waals surface area (Å²) in [7, 11) is 0. The quantitative estimate of drug-likeness (QED) is 0.656. The van der Waals surface area contributed by atoms with Crippen LogP contribution < -0.4 is 5.32 Å². The molecule has 0 spiro atoms. The van der Waals surface area contributed by atoms with E-state index in [0.717, 1.165) is 31.6 Å². The Kier molecular flexibility index (Phi) is 5.75. The first-order chi connectivity index (χ1) is 10.5. The van der Waals surface area contributed by atoms with Gasteiger partial charge in [0.05, 0.1) is 11.9 Å². The van der Waals surface area contributed by atoms with Gasteiger partial charge in [-0.25, -0.2) is 0 Å². The summed E-state index contributed by atoms with van der Waals surface area (Å²) in [6, 6.07) is 8.44. The van der Waals surface area contributed by atoms with Crippen molar-refractivity contribution >= 4 is 0 Å². The smallest absolute Gasteiger partial charge is 0.0695 e. The second kappa shape index (κ2) is 7.56. The van der Waals surface area contributed by atoms with E-state index in [4.69, 9.17) is 0 Å². The van der Waals surface area contributed by atoms with Crippen LogP contribution in [-0.2, 0) is 6.54 Å². The van der Waals surface area contributed by atoms with Crippen molar-refractivity contribution in [3.05, 3.63) is 41.6 Å². The molecule has 0 aliphatic carbocycles. The molecule has 0 aliphatic heterocycles. The lowest BCUT2D eigenvalue weighted by Crippen LogP contribution is -2.21. The standard InChI is InChI=1S/C18H27N3O/c1-14-6-4-7-15(10-14)17-16(12-20-21-17)11-19-9-5-8-18(2,3)13-22/h4,6-7,10,12,19,22H,5,8-9,11,13H2,1-3H3,(H,20,21). The van der Waals surface area contributed by atoms with Gasteiger partial charge in [-0.2, -0.15) is 5.10 Å². The fourth-order valence-corrected chi connectivity index (χ4v) is 2.49. The molecule has 0 radical (unpaired) electrons. The highest BCUT2D eigenvalue weighted by molar-refractivity contribution is 5.63. The normalized spacial score (nSPS) is 11.8. The molecule has 0 aliphatic rings. The number of nitrogens with zero attached hydrogens (tertiary/aromatic N) is 1. The molecule has 0 saturated heterocycles. The van der Waals surface area contributed by atoms with Gasteiger partial charge in [-0.3, -0.25) is 5.10 Å². The molecular weight excluding hydrogens is 274 g/mol. The summed E-state index contributed by atoms with van der Waals surface area (Å²) in [6.45, 7) is 8.28. The van der Waals surface area contributed by atoms with E-state index in [-0.39, 0.29) is 12.0 Å². The second-order valence-electron chi connectivity index (χ2n) is 6.74. The second-order valence-corrected chi connectivity index (χ2v) is 6.74. The Hall–Kier alpha value is -1.65. The molecule has 0 amide bonds. The van der Waals surface area contributed by atoms with Crippen molar-refractivity contribution in [3.8, 4) is 11.3 Å². The molecule has 1 aromatic carbocycles. The lowest BCUT2D eigenvalue weighted by molar-refractivity contribution is 0.148. The minimum atomic E-state index is 0.0179. The van der Waals surface area contributed by atoms with E-state index in [0.29, 0.717) is 0 Å². The third-order valence-electron chi connectivity index (χ3n) is 3.98. The van der Waals surface area contributed by atoms with Gasteiger partial charge in [0.2, 0.25) is 0 Å². The zero-order valence-corrected chi connectivity index (χ0v) is 13.8. The molecule has 120 valence electrons. The zero-order valence-electron chi connectivity index (χ0n) is 13.8. The van der Waals surface area contributed by atoms with Crippen molar-refractivity contribution in [3.63, 3.8) is 0 Å². The van der Waals surface area contributed by atoms with Gasteiger partial charge in [0.15, 0.2) is 0 Å². The van der Waals surface area contributed by atoms with Crippen LogP contribution in [0.3, 0.4) is 0 Å². The Labute approximate surface area is 133 Å². The number of aromatic amines is 1. The highest BCUT2D eigenvalue weighted by atomic mass is 16.3. The van der Waals surface area contributed by atoms with E-state index in [1.165, 1.54) is 16.7 Å². The van der Waals surface area contributed by atoms with Crippen LogP contribution in [0.5, 0.6) is 0 Å². The van der Waals surface area contributed by atoms with E-state index in [1.807, 2.05) is 6.20 Å². The summed E-state index contributed by atoms with van der Waals surface area (Å²) in [4.78, 5) is 0. The monoisotopic (exact) mass is 301 g/mol. The topological polar surface area (TPSA) is 60.9 Å². The van der Waals surface area contributed by atoms with Gasteiger partial charge in [0.1, 0.15) is 0 Å². The molecule has 1 heterocycles. The summed E-state index contributed by atoms with van der Waals surface area (Å²) >= 11 is 0. The highest BCUT2D eigenvalue weighted by Gasteiger charge is 2.15. The van der Waals surface area contributed by atoms with E-state index in [1.54, 1.807) is 0 Å². The molecule has 4 nitrogen and oxygen atoms in total. The number of aliphatic hydroxyl groups is 1. The van der Waals surface area contributed by atoms with Gasteiger partial charge in [-0.05, 0) is 37.8 Å². The zero-order chi connectivity index (χ0) is 16.0. The maximum absolute atomic E-state index is 9.25. The van der Waals surface area contributed by atoms with Crippen molar-refractivity contribution in [1.82, 2.24) is 15.5 Å². The fourth-order valence-electron chi connectivity index (χ4n) is 2.49. The highest BCUT2D eigenvalue weighted by Crippen LogP contribution is 2.22. The Balaban J connectivity index is 1.86. The SMILES string of the molecule is Cc1cccc(-c2[nH]ncc2CNCCCC(C)(C)CO)c1. The minimum absolute atomic E-state index is 0.0179. The number of H-pyrrole nitrogens is 1. The first-order valence-corrected chi connectivity index (χ1v) is 7.93. The maximum Gasteiger partial charge on any atom is 0.0695 e. The number of hydrogen-bond acceptors (Lipinski definition) is 3. The third-order valence-corrected chi connectivity index (χ3v) is 3.98. The van der Waals surface area contributed by atoms with E-state index in [2.05, 4.69) is 60.6 Å². The van der Waals surface area contributed by atoms with Crippen molar-refractivity contribution in [2.45, 2.75) is 40.2 Å². The summed E-state index contributed by atoms with van der Waals surface area (Å²) in [5, 5.41) is 20.0. The van der Waals surface area contributed by atoms with Crippen LogP contribution in [0.2, 0.25) is 0 Å². The first-order valence-electron chi connectivity index (χ1n) is 7.93. The van der Waals surface area contributed by atoms with Crippen LogP contribution >= 0.6 is 0 Å². The van der Waals surface area contributed by atoms with Gasteiger partial charge in [-0.15, -0.1) is 0 Å². The van der Waals surface area contributed by atoms with Crippen molar-refractivity contribution in [2.24, 2.45) is 5.41 Å². The molecular formula is C18H27N3O. The molecule has 0 atom stereocenters. The van der Waals surface area contributed by atoms with Crippen LogP contribution in [0.15, 0.2) is 30.5 Å². The van der Waals surface area contributed by atoms with E-state index >= 15 is 0 Å². The Bertz CT molecular complexity index is 590. The number of aryl methyl sites for hydroxylation is 1. The van der Waals surface area contributed by atoms with Gasteiger partial charge in [-0.1, -0.05) is 37.6 Å². The number of nitrogens with one attached hydrogen (secondary N) is 2. The summed E-state index contributed by atoms with van der Waals surface area (Å²) in [5.74, 6) is 0. The lowest BCUT2D eigenvalue weighted by atomic mass is 9.89. The molecule has 1 aromatic heterocycles. The minimum Gasteiger partial charge on any atom is -0.396 e. The number of rotatable bonds is 8. The predicted molar refractivity (Wildman–Crippen MR) is 90.6 cm³/mol. The maximum atomic E-state index is 9.25. The van der Waals surface area contributed by atoms with Crippen LogP contribution in [0.1, 0.15) is 37.8 Å². The summed E-state index contributed by atoms with van der Waals surface area (Å²) in [6.07, 6.45) is 3.97. The molecule has 2 aromatic rings. The predicted octanol–water partition coefficient (Wildman–Crippen LogP) is 3.27. The van der Waals surface area contributed by atoms with Crippen LogP contribution in [0.4, 0.5) is 0 Å². The number of aromatic nitrogens is 2. The van der Waals surface area contributed by atoms with E-state index < -0.39 is 0 Å². The van der Waals surface area contributed by atoms with Gasteiger partial charge in [0.25, 0.3) is 0 Å². The number of aliphatic hydroxyl groups excluding tert-OH is 1. The van der Waals surface area contributed by atoms with Crippen molar-refractivity contribution in [2.75, 3.05) is 13.2 Å². The molecule has 4 heteroatoms. The van der Waals surface area contributed by atoms with Gasteiger partial charge in [0, 0.05) is 24.3 Å². The molecule has 2 rings (SSSR count). The van der Waals surface area contributed by atoms with E-state index in [9.17, 15) is 5.11 Å². The van der Waals surface area contributed by atoms with Crippen molar-refractivity contribution in [1.29, 1.82) is 0 Å². The Morgan fingerprint density at radius 2 is 2.14 bits per heavy atom. The number of hydrogen-bond donors (Lipinski definition) is 3. The third kappa shape index (κ3) is 4.68. The van der Waals surface area contributed by atoms with Gasteiger partial charge >= 0.3 is 0 Å². The first kappa shape index (κ1) is 16.7. The molecule has 0 fully saturated rings. The lowest BCUT2D eigenvalue weighted by Gasteiger charge is -2.21. The van der Waals surface area contributed by atoms with Gasteiger partial charge < -0.3 is 10.4 Å². The summed E-state index contributed by atoms with van der Waals surface area (Å²) in [5.41, 5.74) is 4.72. The largest absolute Gasteiger partial charge is 0.396 e. The average Bonchev–Trinajstić information content (AvgIpc) is 2.95. The Morgan fingerprint density at radius 1 is 1.32 bits per heavy atom. The molecule has 0 saturated carbocycles. The Morgan fingerprint density at radius 3 is 2.86 bits per heavy atom. The molecule has 0 bridgehead atoms. The fraction of sp³-hybridized carbons (Fsp3) is 0.500. The van der Waals surface area contributed by atoms with Crippen molar-refractivity contribution < 1.29 is 5.11 Å². The van der Waals surface area contributed by atoms with Crippen LogP contribution in [0.25, 0.3) is 11.3 Å². The molecule has 3 N–H and O–H groups in total. The van der Waals surface area contributed by atoms with Crippen LogP contribution in [-0.4, -0.2) is 28.5 Å². The molecule has 0 unspecified atom stereocenters. The van der Waals surface area contributed by atoms with Crippen LogP contribution in [0, 0.1) is 12.3 Å². The average molecular weight is 301 g/mol. The molecule has 22 heavy (non-hydrogen) atoms. The number of benzene rings is 1. The summed E-state index contributed by atoms with van der Waals surface area (Å²) < 4.78 is 0.